The number of hydrogen-bond acceptors (Lipinski definition) is 5. The summed E-state index contributed by atoms with van der Waals surface area (Å²) in [6.45, 7) is 7.57. The zero-order valence-electron chi connectivity index (χ0n) is 15.7. The zero-order valence-corrected chi connectivity index (χ0v) is 15.7. The number of anilines is 1. The average Bonchev–Trinajstić information content (AvgIpc) is 2.61. The average molecular weight is 358 g/mol. The van der Waals surface area contributed by atoms with Crippen LogP contribution < -0.4 is 15.4 Å². The number of carbonyl (C=O) groups is 1. The molecule has 2 amide bonds. The number of nitrogens with one attached hydrogen (secondary N) is 2. The van der Waals surface area contributed by atoms with E-state index in [1.807, 2.05) is 45.0 Å². The highest BCUT2D eigenvalue weighted by Gasteiger charge is 2.16. The molecule has 1 aromatic heterocycles. The molecule has 140 valence electrons. The maximum Gasteiger partial charge on any atom is 0.319 e. The molecule has 0 aliphatic heterocycles. The lowest BCUT2D eigenvalue weighted by Gasteiger charge is -2.16. The van der Waals surface area contributed by atoms with Crippen LogP contribution >= 0.6 is 0 Å². The van der Waals surface area contributed by atoms with Gasteiger partial charge in [0.05, 0.1) is 24.7 Å². The summed E-state index contributed by atoms with van der Waals surface area (Å²) in [6, 6.07) is 7.23. The van der Waals surface area contributed by atoms with Crippen molar-refractivity contribution >= 4 is 11.7 Å². The SMILES string of the molecule is COCCOc1ccc(CNC(=O)Nc2cnc(C(C)(C)C)nc2)cc1. The lowest BCUT2D eigenvalue weighted by Crippen LogP contribution is -2.28. The molecule has 2 rings (SSSR count). The summed E-state index contributed by atoms with van der Waals surface area (Å²) in [5, 5.41) is 5.52. The van der Waals surface area contributed by atoms with Crippen molar-refractivity contribution in [2.45, 2.75) is 32.7 Å². The Bertz CT molecular complexity index is 694. The molecule has 0 radical (unpaired) electrons. The Morgan fingerprint density at radius 1 is 1.08 bits per heavy atom. The third kappa shape index (κ3) is 6.33. The second-order valence-electron chi connectivity index (χ2n) is 6.84. The number of nitrogens with zero attached hydrogens (tertiary/aromatic N) is 2. The van der Waals surface area contributed by atoms with Crippen molar-refractivity contribution in [3.63, 3.8) is 0 Å². The Hall–Kier alpha value is -2.67. The molecule has 0 bridgehead atoms. The van der Waals surface area contributed by atoms with Crippen LogP contribution in [0.3, 0.4) is 0 Å². The Morgan fingerprint density at radius 2 is 1.73 bits per heavy atom. The molecule has 1 heterocycles. The molecular weight excluding hydrogens is 332 g/mol. The minimum atomic E-state index is -0.308. The summed E-state index contributed by atoms with van der Waals surface area (Å²) >= 11 is 0. The maximum absolute atomic E-state index is 12.0. The quantitative estimate of drug-likeness (QED) is 0.743. The van der Waals surface area contributed by atoms with Crippen LogP contribution in [0.5, 0.6) is 5.75 Å². The molecule has 0 saturated carbocycles. The van der Waals surface area contributed by atoms with Crippen molar-refractivity contribution in [1.29, 1.82) is 0 Å². The van der Waals surface area contributed by atoms with Crippen LogP contribution in [0.1, 0.15) is 32.2 Å². The van der Waals surface area contributed by atoms with E-state index in [0.717, 1.165) is 17.1 Å². The first-order chi connectivity index (χ1) is 12.4. The number of rotatable bonds is 7. The zero-order chi connectivity index (χ0) is 19.0. The number of ether oxygens (including phenoxy) is 2. The van der Waals surface area contributed by atoms with Crippen molar-refractivity contribution in [1.82, 2.24) is 15.3 Å². The number of amides is 2. The number of carbonyl (C=O) groups excluding carboxylic acids is 1. The number of hydrogen-bond donors (Lipinski definition) is 2. The second-order valence-corrected chi connectivity index (χ2v) is 6.84. The van der Waals surface area contributed by atoms with E-state index in [4.69, 9.17) is 9.47 Å². The van der Waals surface area contributed by atoms with Crippen LogP contribution in [0.4, 0.5) is 10.5 Å². The molecule has 7 nitrogen and oxygen atoms in total. The first-order valence-electron chi connectivity index (χ1n) is 8.46. The molecular formula is C19H26N4O3. The summed E-state index contributed by atoms with van der Waals surface area (Å²) in [7, 11) is 1.63. The monoisotopic (exact) mass is 358 g/mol. The van der Waals surface area contributed by atoms with E-state index in [9.17, 15) is 4.79 Å². The highest BCUT2D eigenvalue weighted by atomic mass is 16.5. The molecule has 0 aliphatic carbocycles. The summed E-state index contributed by atoms with van der Waals surface area (Å²) in [5.41, 5.74) is 1.40. The highest BCUT2D eigenvalue weighted by molar-refractivity contribution is 5.88. The topological polar surface area (TPSA) is 85.4 Å². The maximum atomic E-state index is 12.0. The first-order valence-corrected chi connectivity index (χ1v) is 8.46. The van der Waals surface area contributed by atoms with Crippen molar-refractivity contribution in [3.8, 4) is 5.75 Å². The number of urea groups is 1. The lowest BCUT2D eigenvalue weighted by molar-refractivity contribution is 0.146. The van der Waals surface area contributed by atoms with E-state index in [0.29, 0.717) is 25.4 Å². The molecule has 0 saturated heterocycles. The standard InChI is InChI=1S/C19H26N4O3/c1-19(2,3)17-20-12-15(13-21-17)23-18(24)22-11-14-5-7-16(8-6-14)26-10-9-25-4/h5-8,12-13H,9-11H2,1-4H3,(H2,22,23,24). The van der Waals surface area contributed by atoms with Gasteiger partial charge in [-0.3, -0.25) is 0 Å². The fraction of sp³-hybridized carbons (Fsp3) is 0.421. The third-order valence-electron chi connectivity index (χ3n) is 3.51. The molecule has 2 aromatic rings. The number of benzene rings is 1. The third-order valence-corrected chi connectivity index (χ3v) is 3.51. The molecule has 1 aromatic carbocycles. The second kappa shape index (κ2) is 9.15. The van der Waals surface area contributed by atoms with Crippen LogP contribution in [-0.2, 0) is 16.7 Å². The van der Waals surface area contributed by atoms with Gasteiger partial charge in [0.15, 0.2) is 0 Å². The Balaban J connectivity index is 1.79. The van der Waals surface area contributed by atoms with Gasteiger partial charge in [0, 0.05) is 19.1 Å². The van der Waals surface area contributed by atoms with Gasteiger partial charge in [-0.2, -0.15) is 0 Å². The number of methoxy groups -OCH3 is 1. The first kappa shape index (κ1) is 19.7. The van der Waals surface area contributed by atoms with Crippen molar-refractivity contribution in [3.05, 3.63) is 48.0 Å². The van der Waals surface area contributed by atoms with Crippen LogP contribution in [-0.4, -0.2) is 36.3 Å². The van der Waals surface area contributed by atoms with Gasteiger partial charge in [-0.1, -0.05) is 32.9 Å². The summed E-state index contributed by atoms with van der Waals surface area (Å²) < 4.78 is 10.4. The van der Waals surface area contributed by atoms with Crippen LogP contribution in [0.15, 0.2) is 36.7 Å². The van der Waals surface area contributed by atoms with Crippen LogP contribution in [0.25, 0.3) is 0 Å². The minimum Gasteiger partial charge on any atom is -0.491 e. The molecule has 26 heavy (non-hydrogen) atoms. The van der Waals surface area contributed by atoms with Crippen molar-refractivity contribution < 1.29 is 14.3 Å². The highest BCUT2D eigenvalue weighted by Crippen LogP contribution is 2.18. The molecule has 0 aliphatic rings. The molecule has 0 unspecified atom stereocenters. The molecule has 0 spiro atoms. The smallest absolute Gasteiger partial charge is 0.319 e. The number of aromatic nitrogens is 2. The normalized spacial score (nSPS) is 11.1. The van der Waals surface area contributed by atoms with Crippen LogP contribution in [0.2, 0.25) is 0 Å². The van der Waals surface area contributed by atoms with Gasteiger partial charge < -0.3 is 20.1 Å². The minimum absolute atomic E-state index is 0.125. The summed E-state index contributed by atoms with van der Waals surface area (Å²) in [5.74, 6) is 1.50. The molecule has 7 heteroatoms. The lowest BCUT2D eigenvalue weighted by atomic mass is 9.96. The van der Waals surface area contributed by atoms with E-state index in [2.05, 4.69) is 20.6 Å². The predicted molar refractivity (Wildman–Crippen MR) is 100 cm³/mol. The Labute approximate surface area is 154 Å². The van der Waals surface area contributed by atoms with E-state index in [1.165, 1.54) is 0 Å². The largest absolute Gasteiger partial charge is 0.491 e. The molecule has 0 fully saturated rings. The van der Waals surface area contributed by atoms with Gasteiger partial charge in [-0.05, 0) is 17.7 Å². The van der Waals surface area contributed by atoms with Gasteiger partial charge in [-0.25, -0.2) is 14.8 Å². The van der Waals surface area contributed by atoms with Crippen LogP contribution in [0, 0.1) is 0 Å². The Morgan fingerprint density at radius 3 is 2.31 bits per heavy atom. The van der Waals surface area contributed by atoms with Crippen molar-refractivity contribution in [2.24, 2.45) is 0 Å². The Kier molecular flexibility index (Phi) is 6.91. The van der Waals surface area contributed by atoms with Gasteiger partial charge in [0.25, 0.3) is 0 Å². The van der Waals surface area contributed by atoms with E-state index >= 15 is 0 Å². The van der Waals surface area contributed by atoms with Gasteiger partial charge in [0.1, 0.15) is 18.2 Å². The van der Waals surface area contributed by atoms with Crippen molar-refractivity contribution in [2.75, 3.05) is 25.6 Å². The molecule has 0 atom stereocenters. The van der Waals surface area contributed by atoms with Gasteiger partial charge >= 0.3 is 6.03 Å². The van der Waals surface area contributed by atoms with E-state index in [-0.39, 0.29) is 11.4 Å². The van der Waals surface area contributed by atoms with E-state index < -0.39 is 0 Å². The fourth-order valence-corrected chi connectivity index (χ4v) is 2.08. The van der Waals surface area contributed by atoms with Gasteiger partial charge in [0.2, 0.25) is 0 Å². The predicted octanol–water partition coefficient (Wildman–Crippen LogP) is 3.12. The summed E-state index contributed by atoms with van der Waals surface area (Å²) in [4.78, 5) is 20.6. The van der Waals surface area contributed by atoms with Gasteiger partial charge in [-0.15, -0.1) is 0 Å². The molecule has 2 N–H and O–H groups in total. The fourth-order valence-electron chi connectivity index (χ4n) is 2.08. The summed E-state index contributed by atoms with van der Waals surface area (Å²) in [6.07, 6.45) is 3.22. The van der Waals surface area contributed by atoms with E-state index in [1.54, 1.807) is 19.5 Å².